The third-order valence-electron chi connectivity index (χ3n) is 2.61. The smallest absolute Gasteiger partial charge is 0.119 e. The third kappa shape index (κ3) is 4.63. The van der Waals surface area contributed by atoms with Gasteiger partial charge in [-0.25, -0.2) is 0 Å². The van der Waals surface area contributed by atoms with Crippen LogP contribution in [0.2, 0.25) is 5.02 Å². The summed E-state index contributed by atoms with van der Waals surface area (Å²) in [5, 5.41) is 0.780. The predicted octanol–water partition coefficient (Wildman–Crippen LogP) is 4.68. The van der Waals surface area contributed by atoms with Crippen molar-refractivity contribution in [2.24, 2.45) is 5.92 Å². The average molecular weight is 261 g/mol. The fraction of sp³-hybridized carbons (Fsp3) is 0.538. The highest BCUT2D eigenvalue weighted by Gasteiger charge is 2.02. The number of aryl methyl sites for hydroxylation is 1. The summed E-state index contributed by atoms with van der Waals surface area (Å²) in [6, 6.07) is 5.74. The van der Waals surface area contributed by atoms with Crippen LogP contribution in [0.25, 0.3) is 0 Å². The lowest BCUT2D eigenvalue weighted by atomic mass is 10.1. The molecule has 0 bridgehead atoms. The summed E-state index contributed by atoms with van der Waals surface area (Å²) in [7, 11) is 0. The van der Waals surface area contributed by atoms with Crippen LogP contribution in [0.4, 0.5) is 0 Å². The van der Waals surface area contributed by atoms with E-state index in [9.17, 15) is 0 Å². The number of rotatable bonds is 6. The van der Waals surface area contributed by atoms with Crippen LogP contribution >= 0.6 is 23.2 Å². The van der Waals surface area contributed by atoms with Gasteiger partial charge in [0.1, 0.15) is 5.75 Å². The lowest BCUT2D eigenvalue weighted by molar-refractivity contribution is 0.282. The SMILES string of the molecule is Cc1cc(OCCC(C)CCCl)ccc1Cl. The van der Waals surface area contributed by atoms with Crippen molar-refractivity contribution in [1.29, 1.82) is 0 Å². The number of hydrogen-bond acceptors (Lipinski definition) is 1. The Balaban J connectivity index is 2.34. The Labute approximate surface area is 108 Å². The highest BCUT2D eigenvalue weighted by Crippen LogP contribution is 2.21. The van der Waals surface area contributed by atoms with Gasteiger partial charge in [0, 0.05) is 10.9 Å². The van der Waals surface area contributed by atoms with Gasteiger partial charge in [-0.15, -0.1) is 11.6 Å². The Morgan fingerprint density at radius 2 is 2.06 bits per heavy atom. The van der Waals surface area contributed by atoms with Crippen LogP contribution < -0.4 is 4.74 Å². The van der Waals surface area contributed by atoms with Crippen molar-refractivity contribution >= 4 is 23.2 Å². The van der Waals surface area contributed by atoms with Gasteiger partial charge in [-0.2, -0.15) is 0 Å². The molecule has 0 heterocycles. The Morgan fingerprint density at radius 1 is 1.31 bits per heavy atom. The summed E-state index contributed by atoms with van der Waals surface area (Å²) < 4.78 is 5.66. The molecule has 0 amide bonds. The van der Waals surface area contributed by atoms with Gasteiger partial charge < -0.3 is 4.74 Å². The van der Waals surface area contributed by atoms with Crippen molar-refractivity contribution in [3.05, 3.63) is 28.8 Å². The maximum absolute atomic E-state index is 5.94. The highest BCUT2D eigenvalue weighted by atomic mass is 35.5. The monoisotopic (exact) mass is 260 g/mol. The summed E-state index contributed by atoms with van der Waals surface area (Å²) in [4.78, 5) is 0. The van der Waals surface area contributed by atoms with Gasteiger partial charge >= 0.3 is 0 Å². The summed E-state index contributed by atoms with van der Waals surface area (Å²) in [6.07, 6.45) is 2.08. The molecule has 0 fully saturated rings. The maximum atomic E-state index is 5.94. The number of alkyl halides is 1. The zero-order chi connectivity index (χ0) is 12.0. The van der Waals surface area contributed by atoms with E-state index in [1.165, 1.54) is 0 Å². The summed E-state index contributed by atoms with van der Waals surface area (Å²) in [5.74, 6) is 2.23. The van der Waals surface area contributed by atoms with E-state index in [1.807, 2.05) is 25.1 Å². The molecule has 90 valence electrons. The van der Waals surface area contributed by atoms with Crippen LogP contribution in [0.5, 0.6) is 5.75 Å². The molecule has 0 aliphatic rings. The molecule has 0 saturated heterocycles. The lowest BCUT2D eigenvalue weighted by Crippen LogP contribution is -2.04. The van der Waals surface area contributed by atoms with Gasteiger partial charge in [0.15, 0.2) is 0 Å². The van der Waals surface area contributed by atoms with Gasteiger partial charge in [-0.05, 0) is 49.4 Å². The summed E-state index contributed by atoms with van der Waals surface area (Å²) >= 11 is 11.6. The zero-order valence-electron chi connectivity index (χ0n) is 9.80. The van der Waals surface area contributed by atoms with E-state index in [4.69, 9.17) is 27.9 Å². The van der Waals surface area contributed by atoms with E-state index in [1.54, 1.807) is 0 Å². The quantitative estimate of drug-likeness (QED) is 0.675. The topological polar surface area (TPSA) is 9.23 Å². The van der Waals surface area contributed by atoms with E-state index in [-0.39, 0.29) is 0 Å². The van der Waals surface area contributed by atoms with Crippen LogP contribution in [0, 0.1) is 12.8 Å². The Morgan fingerprint density at radius 3 is 2.69 bits per heavy atom. The number of benzene rings is 1. The molecular formula is C13H18Cl2O. The van der Waals surface area contributed by atoms with Crippen molar-refractivity contribution in [3.8, 4) is 5.75 Å². The summed E-state index contributed by atoms with van der Waals surface area (Å²) in [6.45, 7) is 4.91. The lowest BCUT2D eigenvalue weighted by Gasteiger charge is -2.11. The minimum absolute atomic E-state index is 0.617. The molecule has 3 heteroatoms. The second-order valence-corrected chi connectivity index (χ2v) is 4.92. The molecule has 0 aromatic heterocycles. The fourth-order valence-corrected chi connectivity index (χ4v) is 1.91. The van der Waals surface area contributed by atoms with Crippen molar-refractivity contribution in [1.82, 2.24) is 0 Å². The zero-order valence-corrected chi connectivity index (χ0v) is 11.3. The second-order valence-electron chi connectivity index (χ2n) is 4.13. The second kappa shape index (κ2) is 7.03. The van der Waals surface area contributed by atoms with Crippen LogP contribution in [0.15, 0.2) is 18.2 Å². The van der Waals surface area contributed by atoms with Crippen molar-refractivity contribution < 1.29 is 4.74 Å². The first kappa shape index (κ1) is 13.7. The molecule has 1 aromatic rings. The largest absolute Gasteiger partial charge is 0.494 e. The van der Waals surface area contributed by atoms with Crippen LogP contribution in [0.3, 0.4) is 0 Å². The van der Waals surface area contributed by atoms with Gasteiger partial charge in [0.25, 0.3) is 0 Å². The molecule has 1 aromatic carbocycles. The van der Waals surface area contributed by atoms with E-state index >= 15 is 0 Å². The van der Waals surface area contributed by atoms with E-state index in [2.05, 4.69) is 6.92 Å². The first-order valence-corrected chi connectivity index (χ1v) is 6.49. The Hall–Kier alpha value is -0.400. The number of hydrogen-bond donors (Lipinski definition) is 0. The highest BCUT2D eigenvalue weighted by molar-refractivity contribution is 6.31. The first-order chi connectivity index (χ1) is 7.63. The minimum atomic E-state index is 0.617. The van der Waals surface area contributed by atoms with Crippen molar-refractivity contribution in [2.45, 2.75) is 26.7 Å². The molecule has 1 nitrogen and oxygen atoms in total. The molecule has 0 radical (unpaired) electrons. The number of ether oxygens (including phenoxy) is 1. The molecule has 1 atom stereocenters. The molecule has 0 aliphatic carbocycles. The molecular weight excluding hydrogens is 243 g/mol. The molecule has 0 aliphatic heterocycles. The molecule has 0 spiro atoms. The Kier molecular flexibility index (Phi) is 6.00. The van der Waals surface area contributed by atoms with Gasteiger partial charge in [0.2, 0.25) is 0 Å². The average Bonchev–Trinajstić information content (AvgIpc) is 2.24. The Bertz CT molecular complexity index is 326. The number of halogens is 2. The van der Waals surface area contributed by atoms with Gasteiger partial charge in [-0.3, -0.25) is 0 Å². The predicted molar refractivity (Wildman–Crippen MR) is 70.8 cm³/mol. The molecule has 0 N–H and O–H groups in total. The maximum Gasteiger partial charge on any atom is 0.119 e. The van der Waals surface area contributed by atoms with E-state index in [0.717, 1.165) is 41.7 Å². The third-order valence-corrected chi connectivity index (χ3v) is 3.25. The van der Waals surface area contributed by atoms with Gasteiger partial charge in [0.05, 0.1) is 6.61 Å². The van der Waals surface area contributed by atoms with Gasteiger partial charge in [-0.1, -0.05) is 18.5 Å². The molecule has 0 saturated carbocycles. The van der Waals surface area contributed by atoms with E-state index < -0.39 is 0 Å². The van der Waals surface area contributed by atoms with Crippen molar-refractivity contribution in [2.75, 3.05) is 12.5 Å². The van der Waals surface area contributed by atoms with Crippen LogP contribution in [0.1, 0.15) is 25.3 Å². The molecule has 1 rings (SSSR count). The van der Waals surface area contributed by atoms with Crippen LogP contribution in [-0.4, -0.2) is 12.5 Å². The van der Waals surface area contributed by atoms with E-state index in [0.29, 0.717) is 5.92 Å². The molecule has 1 unspecified atom stereocenters. The first-order valence-electron chi connectivity index (χ1n) is 5.58. The summed E-state index contributed by atoms with van der Waals surface area (Å²) in [5.41, 5.74) is 1.05. The fourth-order valence-electron chi connectivity index (χ4n) is 1.42. The minimum Gasteiger partial charge on any atom is -0.494 e. The normalized spacial score (nSPS) is 12.5. The van der Waals surface area contributed by atoms with Crippen LogP contribution in [-0.2, 0) is 0 Å². The van der Waals surface area contributed by atoms with Crippen molar-refractivity contribution in [3.63, 3.8) is 0 Å². The standard InChI is InChI=1S/C13H18Cl2O/c1-10(5-7-14)6-8-16-12-3-4-13(15)11(2)9-12/h3-4,9-10H,5-8H2,1-2H3. The molecule has 16 heavy (non-hydrogen) atoms.